The first-order chi connectivity index (χ1) is 28.2. The SMILES string of the molecule is CC/C=C\C/C=C\C/C=C\C/C=C\CCCCCCC(=O)OC(COC(=O)CCCCCCCCC/C=C\C/C=C\CCCCCC)COP(=O)(O)OCC(O)CO. The van der Waals surface area contributed by atoms with Crippen molar-refractivity contribution >= 4 is 19.8 Å². The van der Waals surface area contributed by atoms with Crippen LogP contribution in [-0.2, 0) is 32.7 Å². The number of carbonyl (C=O) groups excluding carboxylic acids is 2. The molecular weight excluding hydrogens is 755 g/mol. The van der Waals surface area contributed by atoms with E-state index in [0.717, 1.165) is 83.5 Å². The van der Waals surface area contributed by atoms with Crippen LogP contribution in [0.1, 0.15) is 174 Å². The fourth-order valence-electron chi connectivity index (χ4n) is 5.66. The standard InChI is InChI=1S/C47H81O10P/c1-3-5-7-9-11-13-15-17-19-21-23-24-26-28-30-32-34-36-38-46(50)54-42-45(43-56-58(52,53)55-41-44(49)40-48)57-47(51)39-37-35-33-31-29-27-25-22-20-18-16-14-12-10-8-6-4-2/h6,8,12-15,18-21,25,27,44-45,48-49H,3-5,7,9-11,16-17,22-24,26,28-43H2,1-2H3,(H,52,53)/b8-6-,14-12-,15-13-,20-18-,21-19-,27-25-. The lowest BCUT2D eigenvalue weighted by atomic mass is 10.1. The fourth-order valence-corrected chi connectivity index (χ4v) is 6.45. The van der Waals surface area contributed by atoms with Crippen molar-refractivity contribution in [1.82, 2.24) is 0 Å². The van der Waals surface area contributed by atoms with E-state index in [2.05, 4.69) is 91.3 Å². The number of hydrogen-bond donors (Lipinski definition) is 3. The van der Waals surface area contributed by atoms with E-state index in [1.54, 1.807) is 0 Å². The second-order valence-electron chi connectivity index (χ2n) is 14.7. The van der Waals surface area contributed by atoms with Gasteiger partial charge in [-0.05, 0) is 83.5 Å². The van der Waals surface area contributed by atoms with E-state index in [0.29, 0.717) is 12.8 Å². The summed E-state index contributed by atoms with van der Waals surface area (Å²) < 4.78 is 32.7. The lowest BCUT2D eigenvalue weighted by Crippen LogP contribution is -2.29. The monoisotopic (exact) mass is 837 g/mol. The molecule has 0 amide bonds. The van der Waals surface area contributed by atoms with E-state index in [1.807, 2.05) is 0 Å². The number of phosphoric ester groups is 1. The number of aliphatic hydroxyl groups is 2. The van der Waals surface area contributed by atoms with Crippen LogP contribution in [0, 0.1) is 0 Å². The highest BCUT2D eigenvalue weighted by Crippen LogP contribution is 2.43. The molecule has 58 heavy (non-hydrogen) atoms. The zero-order valence-corrected chi connectivity index (χ0v) is 37.1. The molecule has 334 valence electrons. The molecule has 0 aromatic heterocycles. The van der Waals surface area contributed by atoms with E-state index >= 15 is 0 Å². The van der Waals surface area contributed by atoms with Gasteiger partial charge >= 0.3 is 19.8 Å². The summed E-state index contributed by atoms with van der Waals surface area (Å²) in [6.07, 6.45) is 48.6. The van der Waals surface area contributed by atoms with Crippen molar-refractivity contribution in [3.8, 4) is 0 Å². The minimum atomic E-state index is -4.63. The molecule has 0 saturated heterocycles. The molecular formula is C47H81O10P. The van der Waals surface area contributed by atoms with Crippen LogP contribution >= 0.6 is 7.82 Å². The van der Waals surface area contributed by atoms with Crippen molar-refractivity contribution in [3.05, 3.63) is 72.9 Å². The molecule has 0 aromatic carbocycles. The molecule has 0 aliphatic heterocycles. The number of phosphoric acid groups is 1. The first-order valence-corrected chi connectivity index (χ1v) is 23.9. The highest BCUT2D eigenvalue weighted by molar-refractivity contribution is 7.47. The zero-order chi connectivity index (χ0) is 42.6. The average molecular weight is 837 g/mol. The average Bonchev–Trinajstić information content (AvgIpc) is 3.21. The van der Waals surface area contributed by atoms with Crippen molar-refractivity contribution in [2.75, 3.05) is 26.4 Å². The highest BCUT2D eigenvalue weighted by Gasteiger charge is 2.27. The number of aliphatic hydroxyl groups excluding tert-OH is 2. The maximum Gasteiger partial charge on any atom is 0.472 e. The summed E-state index contributed by atoms with van der Waals surface area (Å²) in [5.41, 5.74) is 0. The summed E-state index contributed by atoms with van der Waals surface area (Å²) in [7, 11) is -4.63. The molecule has 0 aliphatic rings. The Labute approximate surface area is 352 Å². The van der Waals surface area contributed by atoms with Gasteiger partial charge in [-0.3, -0.25) is 18.6 Å². The molecule has 0 heterocycles. The van der Waals surface area contributed by atoms with Crippen molar-refractivity contribution in [2.45, 2.75) is 187 Å². The molecule has 11 heteroatoms. The number of carbonyl (C=O) groups is 2. The Hall–Kier alpha value is -2.59. The van der Waals surface area contributed by atoms with Crippen LogP contribution in [0.25, 0.3) is 0 Å². The van der Waals surface area contributed by atoms with Crippen molar-refractivity contribution in [3.63, 3.8) is 0 Å². The number of allylic oxidation sites excluding steroid dienone is 12. The Bertz CT molecular complexity index is 1190. The molecule has 0 rings (SSSR count). The Balaban J connectivity index is 4.34. The molecule has 0 fully saturated rings. The largest absolute Gasteiger partial charge is 0.472 e. The molecule has 0 saturated carbocycles. The summed E-state index contributed by atoms with van der Waals surface area (Å²) in [6.45, 7) is 2.20. The predicted molar refractivity (Wildman–Crippen MR) is 237 cm³/mol. The van der Waals surface area contributed by atoms with Gasteiger partial charge in [0.15, 0.2) is 6.10 Å². The van der Waals surface area contributed by atoms with Crippen molar-refractivity contribution in [2.24, 2.45) is 0 Å². The van der Waals surface area contributed by atoms with Gasteiger partial charge in [0.25, 0.3) is 0 Å². The summed E-state index contributed by atoms with van der Waals surface area (Å²) >= 11 is 0. The van der Waals surface area contributed by atoms with Crippen LogP contribution in [0.2, 0.25) is 0 Å². The molecule has 0 bridgehead atoms. The van der Waals surface area contributed by atoms with Gasteiger partial charge in [0, 0.05) is 12.8 Å². The molecule has 0 aromatic rings. The second-order valence-corrected chi connectivity index (χ2v) is 16.1. The lowest BCUT2D eigenvalue weighted by Gasteiger charge is -2.20. The summed E-state index contributed by atoms with van der Waals surface area (Å²) in [5.74, 6) is -0.966. The maximum absolute atomic E-state index is 12.6. The van der Waals surface area contributed by atoms with Crippen LogP contribution in [0.5, 0.6) is 0 Å². The molecule has 3 atom stereocenters. The van der Waals surface area contributed by atoms with Crippen LogP contribution in [0.3, 0.4) is 0 Å². The van der Waals surface area contributed by atoms with Gasteiger partial charge < -0.3 is 24.6 Å². The third-order valence-corrected chi connectivity index (χ3v) is 10.0. The zero-order valence-electron chi connectivity index (χ0n) is 36.2. The van der Waals surface area contributed by atoms with Gasteiger partial charge in [-0.25, -0.2) is 4.57 Å². The van der Waals surface area contributed by atoms with Gasteiger partial charge in [-0.1, -0.05) is 151 Å². The Morgan fingerprint density at radius 3 is 1.43 bits per heavy atom. The topological polar surface area (TPSA) is 149 Å². The third kappa shape index (κ3) is 41.6. The first-order valence-electron chi connectivity index (χ1n) is 22.4. The molecule has 0 radical (unpaired) electrons. The predicted octanol–water partition coefficient (Wildman–Crippen LogP) is 12.1. The highest BCUT2D eigenvalue weighted by atomic mass is 31.2. The van der Waals surface area contributed by atoms with E-state index in [1.165, 1.54) is 51.4 Å². The Morgan fingerprint density at radius 2 is 0.948 bits per heavy atom. The van der Waals surface area contributed by atoms with E-state index in [4.69, 9.17) is 19.1 Å². The van der Waals surface area contributed by atoms with Crippen LogP contribution in [0.4, 0.5) is 0 Å². The van der Waals surface area contributed by atoms with E-state index in [-0.39, 0.29) is 19.4 Å². The van der Waals surface area contributed by atoms with Crippen LogP contribution in [0.15, 0.2) is 72.9 Å². The Morgan fingerprint density at radius 1 is 0.534 bits per heavy atom. The Kier molecular flexibility index (Phi) is 40.6. The van der Waals surface area contributed by atoms with Gasteiger partial charge in [0.05, 0.1) is 19.8 Å². The summed E-state index contributed by atoms with van der Waals surface area (Å²) in [4.78, 5) is 35.0. The number of ether oxygens (including phenoxy) is 2. The summed E-state index contributed by atoms with van der Waals surface area (Å²) in [6, 6.07) is 0. The minimum Gasteiger partial charge on any atom is -0.462 e. The number of hydrogen-bond acceptors (Lipinski definition) is 9. The van der Waals surface area contributed by atoms with Gasteiger partial charge in [0.1, 0.15) is 12.7 Å². The number of unbranched alkanes of at least 4 members (excludes halogenated alkanes) is 15. The normalized spacial score (nSPS) is 14.5. The van der Waals surface area contributed by atoms with E-state index in [9.17, 15) is 24.2 Å². The minimum absolute atomic E-state index is 0.151. The third-order valence-electron chi connectivity index (χ3n) is 9.09. The molecule has 3 unspecified atom stereocenters. The van der Waals surface area contributed by atoms with Crippen molar-refractivity contribution in [1.29, 1.82) is 0 Å². The van der Waals surface area contributed by atoms with Gasteiger partial charge in [0.2, 0.25) is 0 Å². The van der Waals surface area contributed by atoms with Crippen LogP contribution in [-0.4, -0.2) is 65.7 Å². The fraction of sp³-hybridized carbons (Fsp3) is 0.702. The molecule has 3 N–H and O–H groups in total. The molecule has 0 spiro atoms. The smallest absolute Gasteiger partial charge is 0.462 e. The quantitative estimate of drug-likeness (QED) is 0.0235. The maximum atomic E-state index is 12.6. The van der Waals surface area contributed by atoms with Gasteiger partial charge in [-0.15, -0.1) is 0 Å². The first kappa shape index (κ1) is 55.4. The lowest BCUT2D eigenvalue weighted by molar-refractivity contribution is -0.161. The number of rotatable bonds is 41. The van der Waals surface area contributed by atoms with Gasteiger partial charge in [-0.2, -0.15) is 0 Å². The molecule has 10 nitrogen and oxygen atoms in total. The second kappa shape index (κ2) is 42.5. The summed E-state index contributed by atoms with van der Waals surface area (Å²) in [5, 5.41) is 18.3. The number of esters is 2. The van der Waals surface area contributed by atoms with Crippen LogP contribution < -0.4 is 0 Å². The van der Waals surface area contributed by atoms with E-state index < -0.39 is 51.8 Å². The molecule has 0 aliphatic carbocycles. The van der Waals surface area contributed by atoms with Crippen molar-refractivity contribution < 1.29 is 47.8 Å².